The Morgan fingerprint density at radius 2 is 1.77 bits per heavy atom. The first-order valence-electron chi connectivity index (χ1n) is 8.62. The second kappa shape index (κ2) is 5.96. The summed E-state index contributed by atoms with van der Waals surface area (Å²) in [5, 5.41) is 4.69. The van der Waals surface area contributed by atoms with Gasteiger partial charge in [0.05, 0.1) is 12.8 Å². The first-order chi connectivity index (χ1) is 12.3. The van der Waals surface area contributed by atoms with Crippen molar-refractivity contribution < 1.29 is 4.74 Å². The van der Waals surface area contributed by atoms with E-state index in [9.17, 15) is 0 Å². The second-order valence-electron chi connectivity index (χ2n) is 7.40. The van der Waals surface area contributed by atoms with Crippen LogP contribution >= 0.6 is 23.8 Å². The molecule has 2 heterocycles. The van der Waals surface area contributed by atoms with Gasteiger partial charge in [0.25, 0.3) is 0 Å². The highest BCUT2D eigenvalue weighted by Crippen LogP contribution is 2.49. The van der Waals surface area contributed by atoms with Crippen molar-refractivity contribution in [1.29, 1.82) is 0 Å². The summed E-state index contributed by atoms with van der Waals surface area (Å²) in [6, 6.07) is 12.8. The molecule has 0 unspecified atom stereocenters. The lowest BCUT2D eigenvalue weighted by Gasteiger charge is -2.33. The average molecular weight is 383 g/mol. The fraction of sp³-hybridized carbons (Fsp3) is 0.286. The van der Waals surface area contributed by atoms with Crippen molar-refractivity contribution in [1.82, 2.24) is 3.96 Å². The Morgan fingerprint density at radius 1 is 1.08 bits per heavy atom. The van der Waals surface area contributed by atoms with E-state index in [1.807, 2.05) is 6.07 Å². The first-order valence-corrected chi connectivity index (χ1v) is 9.80. The number of ether oxygens (including phenoxy) is 1. The Labute approximate surface area is 163 Å². The normalized spacial score (nSPS) is 14.3. The fourth-order valence-electron chi connectivity index (χ4n) is 3.81. The average Bonchev–Trinajstić information content (AvgIpc) is 2.90. The summed E-state index contributed by atoms with van der Waals surface area (Å²) < 4.78 is 8.45. The smallest absolute Gasteiger partial charge is 0.127 e. The van der Waals surface area contributed by atoms with Gasteiger partial charge in [0, 0.05) is 22.7 Å². The van der Waals surface area contributed by atoms with Crippen molar-refractivity contribution in [2.45, 2.75) is 33.1 Å². The van der Waals surface area contributed by atoms with Crippen LogP contribution in [0.25, 0.3) is 5.69 Å². The van der Waals surface area contributed by atoms with E-state index in [1.165, 1.54) is 22.3 Å². The highest BCUT2D eigenvalue weighted by atomic mass is 32.1. The summed E-state index contributed by atoms with van der Waals surface area (Å²) in [5.74, 6) is 0.854. The van der Waals surface area contributed by atoms with Gasteiger partial charge in [-0.2, -0.15) is 0 Å². The van der Waals surface area contributed by atoms with Crippen molar-refractivity contribution >= 4 is 34.4 Å². The van der Waals surface area contributed by atoms with Crippen molar-refractivity contribution in [3.63, 3.8) is 0 Å². The Morgan fingerprint density at radius 3 is 2.42 bits per heavy atom. The highest BCUT2D eigenvalue weighted by Gasteiger charge is 2.36. The lowest BCUT2D eigenvalue weighted by molar-refractivity contribution is 0.414. The topological polar surface area (TPSA) is 26.2 Å². The third-order valence-corrected chi connectivity index (χ3v) is 6.59. The standard InChI is InChI=1S/C21H22N2OS2/c1-12-8-13(2)10-14(9-12)23-20(25)18-19(26-23)22-17-11-15(24-5)6-7-16(17)21(18,3)4/h6-11,22H,1-5H3. The van der Waals surface area contributed by atoms with Crippen LogP contribution < -0.4 is 10.1 Å². The number of nitrogens with one attached hydrogen (secondary N) is 1. The van der Waals surface area contributed by atoms with E-state index in [-0.39, 0.29) is 5.41 Å². The summed E-state index contributed by atoms with van der Waals surface area (Å²) in [6.07, 6.45) is 0. The first kappa shape index (κ1) is 17.3. The van der Waals surface area contributed by atoms with Gasteiger partial charge >= 0.3 is 0 Å². The quantitative estimate of drug-likeness (QED) is 0.529. The Hall–Kier alpha value is -2.11. The molecule has 4 rings (SSSR count). The highest BCUT2D eigenvalue weighted by molar-refractivity contribution is 7.71. The Bertz CT molecular complexity index is 1060. The van der Waals surface area contributed by atoms with Gasteiger partial charge in [0.1, 0.15) is 15.4 Å². The zero-order chi connectivity index (χ0) is 18.6. The number of benzene rings is 2. The lowest BCUT2D eigenvalue weighted by atomic mass is 9.76. The minimum atomic E-state index is -0.167. The van der Waals surface area contributed by atoms with Crippen molar-refractivity contribution in [3.05, 3.63) is 63.3 Å². The molecule has 1 aromatic heterocycles. The van der Waals surface area contributed by atoms with Gasteiger partial charge < -0.3 is 10.1 Å². The van der Waals surface area contributed by atoms with Gasteiger partial charge in [0.2, 0.25) is 0 Å². The molecule has 1 aliphatic rings. The van der Waals surface area contributed by atoms with Crippen LogP contribution in [-0.4, -0.2) is 11.1 Å². The van der Waals surface area contributed by atoms with Crippen LogP contribution in [0.4, 0.5) is 10.7 Å². The van der Waals surface area contributed by atoms with Gasteiger partial charge in [-0.3, -0.25) is 3.96 Å². The molecule has 1 aliphatic heterocycles. The predicted octanol–water partition coefficient (Wildman–Crippen LogP) is 6.28. The molecule has 3 aromatic rings. The maximum Gasteiger partial charge on any atom is 0.127 e. The largest absolute Gasteiger partial charge is 0.497 e. The van der Waals surface area contributed by atoms with E-state index in [0.717, 1.165) is 26.8 Å². The molecule has 0 amide bonds. The molecule has 0 saturated heterocycles. The van der Waals surface area contributed by atoms with Crippen LogP contribution in [0, 0.1) is 18.5 Å². The third kappa shape index (κ3) is 2.58. The minimum absolute atomic E-state index is 0.167. The second-order valence-corrected chi connectivity index (χ2v) is 8.75. The monoisotopic (exact) mass is 382 g/mol. The molecule has 0 fully saturated rings. The van der Waals surface area contributed by atoms with Crippen molar-refractivity contribution in [2.24, 2.45) is 0 Å². The molecule has 3 nitrogen and oxygen atoms in total. The molecular weight excluding hydrogens is 360 g/mol. The summed E-state index contributed by atoms with van der Waals surface area (Å²) >= 11 is 7.59. The summed E-state index contributed by atoms with van der Waals surface area (Å²) in [6.45, 7) is 8.73. The molecule has 2 aromatic carbocycles. The molecule has 0 atom stereocenters. The van der Waals surface area contributed by atoms with Crippen LogP contribution in [0.15, 0.2) is 36.4 Å². The lowest BCUT2D eigenvalue weighted by Crippen LogP contribution is -2.25. The van der Waals surface area contributed by atoms with E-state index in [0.29, 0.717) is 0 Å². The number of anilines is 2. The van der Waals surface area contributed by atoms with Crippen molar-refractivity contribution in [3.8, 4) is 11.4 Å². The number of nitrogens with zero attached hydrogens (tertiary/aromatic N) is 1. The minimum Gasteiger partial charge on any atom is -0.497 e. The predicted molar refractivity (Wildman–Crippen MR) is 112 cm³/mol. The molecule has 26 heavy (non-hydrogen) atoms. The molecule has 0 saturated carbocycles. The van der Waals surface area contributed by atoms with Crippen LogP contribution in [0.5, 0.6) is 5.75 Å². The van der Waals surface area contributed by atoms with Gasteiger partial charge in [0.15, 0.2) is 0 Å². The van der Waals surface area contributed by atoms with E-state index < -0.39 is 0 Å². The molecule has 134 valence electrons. The Kier molecular flexibility index (Phi) is 3.97. The zero-order valence-corrected chi connectivity index (χ0v) is 17.3. The number of hydrogen-bond acceptors (Lipinski definition) is 4. The maximum atomic E-state index is 5.92. The summed E-state index contributed by atoms with van der Waals surface area (Å²) in [5.41, 5.74) is 6.97. The maximum absolute atomic E-state index is 5.92. The number of aromatic nitrogens is 1. The fourth-order valence-corrected chi connectivity index (χ4v) is 5.61. The summed E-state index contributed by atoms with van der Waals surface area (Å²) in [7, 11) is 1.70. The number of hydrogen-bond donors (Lipinski definition) is 1. The molecule has 0 radical (unpaired) electrons. The van der Waals surface area contributed by atoms with E-state index >= 15 is 0 Å². The van der Waals surface area contributed by atoms with Gasteiger partial charge in [-0.05, 0) is 60.3 Å². The molecule has 1 N–H and O–H groups in total. The van der Waals surface area contributed by atoms with E-state index in [1.54, 1.807) is 18.6 Å². The zero-order valence-electron chi connectivity index (χ0n) is 15.6. The molecule has 0 aliphatic carbocycles. The van der Waals surface area contributed by atoms with Gasteiger partial charge in [-0.1, -0.05) is 38.2 Å². The van der Waals surface area contributed by atoms with Gasteiger partial charge in [-0.15, -0.1) is 0 Å². The van der Waals surface area contributed by atoms with Gasteiger partial charge in [-0.25, -0.2) is 0 Å². The number of fused-ring (bicyclic) bond motifs is 2. The number of methoxy groups -OCH3 is 1. The van der Waals surface area contributed by atoms with Crippen LogP contribution in [-0.2, 0) is 5.41 Å². The third-order valence-electron chi connectivity index (χ3n) is 5.02. The number of rotatable bonds is 2. The van der Waals surface area contributed by atoms with E-state index in [2.05, 4.69) is 67.3 Å². The summed E-state index contributed by atoms with van der Waals surface area (Å²) in [4.78, 5) is 0. The molecular formula is C21H22N2OS2. The molecule has 5 heteroatoms. The molecule has 0 bridgehead atoms. The Balaban J connectivity index is 1.92. The SMILES string of the molecule is COc1ccc2c(c1)Nc1sn(-c3cc(C)cc(C)c3)c(=S)c1C2(C)C. The molecule has 0 spiro atoms. The van der Waals surface area contributed by atoms with Crippen LogP contribution in [0.1, 0.15) is 36.1 Å². The number of aryl methyl sites for hydroxylation is 2. The van der Waals surface area contributed by atoms with E-state index in [4.69, 9.17) is 17.0 Å². The van der Waals surface area contributed by atoms with Crippen molar-refractivity contribution in [2.75, 3.05) is 12.4 Å². The van der Waals surface area contributed by atoms with Crippen LogP contribution in [0.2, 0.25) is 0 Å². The van der Waals surface area contributed by atoms with Crippen LogP contribution in [0.3, 0.4) is 0 Å².